The SMILES string of the molecule is OCCSC(CCl)CSCC(CO)SCCCl. The lowest BCUT2D eigenvalue weighted by Crippen LogP contribution is -2.16. The van der Waals surface area contributed by atoms with Crippen molar-refractivity contribution >= 4 is 58.5 Å². The molecule has 0 aliphatic rings. The van der Waals surface area contributed by atoms with Crippen LogP contribution in [0.25, 0.3) is 0 Å². The predicted octanol–water partition coefficient (Wildman–Crippen LogP) is 2.39. The second kappa shape index (κ2) is 14.0. The van der Waals surface area contributed by atoms with E-state index >= 15 is 0 Å². The molecular weight excluding hydrogens is 319 g/mol. The van der Waals surface area contributed by atoms with Gasteiger partial charge in [-0.2, -0.15) is 35.3 Å². The third kappa shape index (κ3) is 11.1. The molecule has 0 saturated carbocycles. The molecule has 0 bridgehead atoms. The first-order valence-corrected chi connectivity index (χ1v) is 9.75. The average molecular weight is 339 g/mol. The molecule has 0 fully saturated rings. The maximum Gasteiger partial charge on any atom is 0.0558 e. The minimum atomic E-state index is 0.198. The summed E-state index contributed by atoms with van der Waals surface area (Å²) in [6.45, 7) is 0.400. The first-order chi connectivity index (χ1) is 8.28. The average Bonchev–Trinajstić information content (AvgIpc) is 2.37. The lowest BCUT2D eigenvalue weighted by Gasteiger charge is -2.16. The number of hydrogen-bond donors (Lipinski definition) is 2. The molecule has 0 amide bonds. The second-order valence-electron chi connectivity index (χ2n) is 3.27. The highest BCUT2D eigenvalue weighted by Gasteiger charge is 2.11. The molecule has 104 valence electrons. The smallest absolute Gasteiger partial charge is 0.0558 e. The molecule has 0 spiro atoms. The van der Waals surface area contributed by atoms with Gasteiger partial charge < -0.3 is 10.2 Å². The molecule has 2 unspecified atom stereocenters. The van der Waals surface area contributed by atoms with Crippen LogP contribution in [0.3, 0.4) is 0 Å². The van der Waals surface area contributed by atoms with Crippen molar-refractivity contribution in [3.63, 3.8) is 0 Å². The highest BCUT2D eigenvalue weighted by atomic mass is 35.5. The lowest BCUT2D eigenvalue weighted by molar-refractivity contribution is 0.301. The van der Waals surface area contributed by atoms with Crippen LogP contribution >= 0.6 is 58.5 Å². The molecule has 2 nitrogen and oxygen atoms in total. The summed E-state index contributed by atoms with van der Waals surface area (Å²) in [5.74, 6) is 4.74. The van der Waals surface area contributed by atoms with Crippen LogP contribution in [0.1, 0.15) is 0 Å². The van der Waals surface area contributed by atoms with E-state index in [-0.39, 0.29) is 18.5 Å². The number of thioether (sulfide) groups is 3. The van der Waals surface area contributed by atoms with Crippen LogP contribution in [0.2, 0.25) is 0 Å². The fourth-order valence-corrected chi connectivity index (χ4v) is 5.11. The Kier molecular flexibility index (Phi) is 15.2. The zero-order chi connectivity index (χ0) is 12.9. The highest BCUT2D eigenvalue weighted by molar-refractivity contribution is 8.05. The molecule has 0 aliphatic heterocycles. The maximum absolute atomic E-state index is 9.17. The Balaban J connectivity index is 3.61. The molecule has 17 heavy (non-hydrogen) atoms. The van der Waals surface area contributed by atoms with E-state index in [1.54, 1.807) is 23.5 Å². The van der Waals surface area contributed by atoms with Gasteiger partial charge in [-0.15, -0.1) is 23.2 Å². The van der Waals surface area contributed by atoms with Crippen LogP contribution in [0.4, 0.5) is 0 Å². The van der Waals surface area contributed by atoms with Gasteiger partial charge in [-0.25, -0.2) is 0 Å². The summed E-state index contributed by atoms with van der Waals surface area (Å²) in [5.41, 5.74) is 0. The van der Waals surface area contributed by atoms with Crippen molar-refractivity contribution in [2.75, 3.05) is 48.0 Å². The molecule has 2 N–H and O–H groups in total. The summed E-state index contributed by atoms with van der Waals surface area (Å²) in [5, 5.41) is 18.6. The van der Waals surface area contributed by atoms with Crippen molar-refractivity contribution in [2.24, 2.45) is 0 Å². The zero-order valence-electron chi connectivity index (χ0n) is 9.69. The van der Waals surface area contributed by atoms with Gasteiger partial charge in [0, 0.05) is 45.3 Å². The molecular formula is C10H20Cl2O2S3. The number of rotatable bonds is 12. The van der Waals surface area contributed by atoms with Gasteiger partial charge in [0.15, 0.2) is 0 Å². The molecule has 0 aromatic rings. The van der Waals surface area contributed by atoms with E-state index in [1.807, 2.05) is 11.8 Å². The molecule has 0 aromatic carbocycles. The van der Waals surface area contributed by atoms with Crippen molar-refractivity contribution in [2.45, 2.75) is 10.5 Å². The number of alkyl halides is 2. The zero-order valence-corrected chi connectivity index (χ0v) is 13.6. The summed E-state index contributed by atoms with van der Waals surface area (Å²) >= 11 is 16.7. The third-order valence-electron chi connectivity index (χ3n) is 1.86. The van der Waals surface area contributed by atoms with Gasteiger partial charge >= 0.3 is 0 Å². The van der Waals surface area contributed by atoms with E-state index in [4.69, 9.17) is 28.3 Å². The van der Waals surface area contributed by atoms with Crippen LogP contribution in [-0.2, 0) is 0 Å². The molecule has 0 heterocycles. The normalized spacial score (nSPS) is 14.8. The van der Waals surface area contributed by atoms with E-state index in [0.29, 0.717) is 17.0 Å². The standard InChI is InChI=1S/C10H20Cl2O2S3/c11-1-3-16-10(6-14)8-15-7-9(5-12)17-4-2-13/h9-10,13-14H,1-8H2. The van der Waals surface area contributed by atoms with E-state index in [1.165, 1.54) is 0 Å². The maximum atomic E-state index is 9.17. The van der Waals surface area contributed by atoms with Gasteiger partial charge in [-0.3, -0.25) is 0 Å². The van der Waals surface area contributed by atoms with E-state index in [9.17, 15) is 5.11 Å². The summed E-state index contributed by atoms with van der Waals surface area (Å²) in [6, 6.07) is 0. The van der Waals surface area contributed by atoms with Crippen LogP contribution in [0, 0.1) is 0 Å². The fourth-order valence-electron chi connectivity index (χ4n) is 1.05. The van der Waals surface area contributed by atoms with Crippen LogP contribution in [0.5, 0.6) is 0 Å². The minimum absolute atomic E-state index is 0.198. The van der Waals surface area contributed by atoms with Gasteiger partial charge in [0.05, 0.1) is 13.2 Å². The van der Waals surface area contributed by atoms with Crippen molar-refractivity contribution in [1.29, 1.82) is 0 Å². The van der Waals surface area contributed by atoms with Crippen LogP contribution in [-0.4, -0.2) is 68.7 Å². The molecule has 0 rings (SSSR count). The minimum Gasteiger partial charge on any atom is -0.396 e. The predicted molar refractivity (Wildman–Crippen MR) is 85.4 cm³/mol. The fraction of sp³-hybridized carbons (Fsp3) is 1.00. The van der Waals surface area contributed by atoms with Crippen LogP contribution in [0.15, 0.2) is 0 Å². The largest absolute Gasteiger partial charge is 0.396 e. The molecule has 0 radical (unpaired) electrons. The number of aliphatic hydroxyl groups is 2. The lowest BCUT2D eigenvalue weighted by atomic mass is 10.5. The topological polar surface area (TPSA) is 40.5 Å². The Morgan fingerprint density at radius 3 is 2.12 bits per heavy atom. The number of aliphatic hydroxyl groups excluding tert-OH is 2. The van der Waals surface area contributed by atoms with Crippen molar-refractivity contribution in [1.82, 2.24) is 0 Å². The van der Waals surface area contributed by atoms with Gasteiger partial charge in [0.25, 0.3) is 0 Å². The van der Waals surface area contributed by atoms with Gasteiger partial charge in [-0.05, 0) is 0 Å². The van der Waals surface area contributed by atoms with Gasteiger partial charge in [0.1, 0.15) is 0 Å². The molecule has 0 aliphatic carbocycles. The Labute approximate surface area is 127 Å². The number of halogens is 2. The number of hydrogen-bond acceptors (Lipinski definition) is 5. The van der Waals surface area contributed by atoms with Gasteiger partial charge in [-0.1, -0.05) is 0 Å². The summed E-state index contributed by atoms with van der Waals surface area (Å²) < 4.78 is 0. The molecule has 0 saturated heterocycles. The first-order valence-electron chi connectivity index (χ1n) is 5.43. The first kappa shape index (κ1) is 18.6. The van der Waals surface area contributed by atoms with Crippen molar-refractivity contribution in [3.8, 4) is 0 Å². The monoisotopic (exact) mass is 338 g/mol. The Bertz CT molecular complexity index is 150. The van der Waals surface area contributed by atoms with Crippen molar-refractivity contribution in [3.05, 3.63) is 0 Å². The summed E-state index contributed by atoms with van der Waals surface area (Å²) in [4.78, 5) is 0. The van der Waals surface area contributed by atoms with Gasteiger partial charge in [0.2, 0.25) is 0 Å². The molecule has 2 atom stereocenters. The van der Waals surface area contributed by atoms with E-state index in [2.05, 4.69) is 0 Å². The molecule has 7 heteroatoms. The Morgan fingerprint density at radius 2 is 1.59 bits per heavy atom. The van der Waals surface area contributed by atoms with E-state index in [0.717, 1.165) is 23.0 Å². The quantitative estimate of drug-likeness (QED) is 0.534. The second-order valence-corrected chi connectivity index (χ2v) is 7.85. The summed E-state index contributed by atoms with van der Waals surface area (Å²) in [6.07, 6.45) is 0. The Hall–Kier alpha value is 1.55. The highest BCUT2D eigenvalue weighted by Crippen LogP contribution is 2.21. The van der Waals surface area contributed by atoms with Crippen LogP contribution < -0.4 is 0 Å². The van der Waals surface area contributed by atoms with Crippen molar-refractivity contribution < 1.29 is 10.2 Å². The summed E-state index contributed by atoms with van der Waals surface area (Å²) in [7, 11) is 0. The molecule has 0 aromatic heterocycles. The Morgan fingerprint density at radius 1 is 0.941 bits per heavy atom. The van der Waals surface area contributed by atoms with E-state index < -0.39 is 0 Å². The third-order valence-corrected chi connectivity index (χ3v) is 6.98.